The number of rotatable bonds is 5. The Morgan fingerprint density at radius 1 is 1.14 bits per heavy atom. The fraction of sp³-hybridized carbons (Fsp3) is 0.250. The zero-order valence-corrected chi connectivity index (χ0v) is 15.0. The van der Waals surface area contributed by atoms with Gasteiger partial charge in [-0.05, 0) is 65.3 Å². The largest absolute Gasteiger partial charge is 0.493 e. The van der Waals surface area contributed by atoms with Gasteiger partial charge in [-0.2, -0.15) is 0 Å². The molecule has 0 heterocycles. The highest BCUT2D eigenvalue weighted by Gasteiger charge is 2.16. The molecule has 1 N–H and O–H groups in total. The van der Waals surface area contributed by atoms with Crippen LogP contribution in [0.4, 0.5) is 4.39 Å². The molecule has 2 aromatic carbocycles. The Labute approximate surface area is 141 Å². The summed E-state index contributed by atoms with van der Waals surface area (Å²) in [5, 5.41) is 3.26. The van der Waals surface area contributed by atoms with Crippen molar-refractivity contribution in [3.05, 3.63) is 62.3 Å². The molecule has 0 amide bonds. The summed E-state index contributed by atoms with van der Waals surface area (Å²) in [7, 11) is 1.88. The van der Waals surface area contributed by atoms with Crippen LogP contribution in [-0.4, -0.2) is 13.7 Å². The molecule has 0 fully saturated rings. The molecule has 5 heteroatoms. The van der Waals surface area contributed by atoms with E-state index >= 15 is 0 Å². The summed E-state index contributed by atoms with van der Waals surface area (Å²) in [6, 6.07) is 10.6. The van der Waals surface area contributed by atoms with Crippen LogP contribution < -0.4 is 10.1 Å². The molecule has 1 atom stereocenters. The molecule has 112 valence electrons. The van der Waals surface area contributed by atoms with E-state index in [0.717, 1.165) is 25.8 Å². The van der Waals surface area contributed by atoms with Gasteiger partial charge in [0.05, 0.1) is 17.1 Å². The molecular formula is C16H16Br2FNO. The van der Waals surface area contributed by atoms with E-state index in [1.165, 1.54) is 12.1 Å². The maximum atomic E-state index is 13.2. The second-order valence-electron chi connectivity index (χ2n) is 4.51. The monoisotopic (exact) mass is 415 g/mol. The lowest BCUT2D eigenvalue weighted by atomic mass is 9.99. The number of halogens is 3. The van der Waals surface area contributed by atoms with Crippen molar-refractivity contribution in [3.8, 4) is 5.75 Å². The third-order valence-electron chi connectivity index (χ3n) is 3.15. The van der Waals surface area contributed by atoms with Crippen molar-refractivity contribution in [2.24, 2.45) is 0 Å². The van der Waals surface area contributed by atoms with Crippen LogP contribution in [0.3, 0.4) is 0 Å². The summed E-state index contributed by atoms with van der Waals surface area (Å²) in [6.45, 7) is 2.57. The van der Waals surface area contributed by atoms with Gasteiger partial charge >= 0.3 is 0 Å². The van der Waals surface area contributed by atoms with Crippen molar-refractivity contribution in [2.45, 2.75) is 13.0 Å². The SMILES string of the molecule is CCOc1ccc(C(NC)c2ccc(F)cc2Br)cc1Br. The Balaban J connectivity index is 2.39. The Bertz CT molecular complexity index is 634. The van der Waals surface area contributed by atoms with Crippen molar-refractivity contribution < 1.29 is 9.13 Å². The van der Waals surface area contributed by atoms with E-state index in [1.54, 1.807) is 6.07 Å². The first kappa shape index (κ1) is 16.5. The topological polar surface area (TPSA) is 21.3 Å². The van der Waals surface area contributed by atoms with E-state index < -0.39 is 0 Å². The molecule has 0 saturated heterocycles. The third-order valence-corrected chi connectivity index (χ3v) is 4.46. The standard InChI is InChI=1S/C16H16Br2FNO/c1-3-21-15-7-4-10(8-14(15)18)16(20-2)12-6-5-11(19)9-13(12)17/h4-9,16,20H,3H2,1-2H3. The molecule has 1 unspecified atom stereocenters. The van der Waals surface area contributed by atoms with Gasteiger partial charge in [0.25, 0.3) is 0 Å². The summed E-state index contributed by atoms with van der Waals surface area (Å²) >= 11 is 6.95. The van der Waals surface area contributed by atoms with Gasteiger partial charge in [-0.3, -0.25) is 0 Å². The van der Waals surface area contributed by atoms with Crippen molar-refractivity contribution in [1.82, 2.24) is 5.32 Å². The average Bonchev–Trinajstić information content (AvgIpc) is 2.45. The Kier molecular flexibility index (Phi) is 5.79. The molecule has 2 nitrogen and oxygen atoms in total. The van der Waals surface area contributed by atoms with Crippen molar-refractivity contribution >= 4 is 31.9 Å². The van der Waals surface area contributed by atoms with Crippen LogP contribution in [0.2, 0.25) is 0 Å². The molecule has 0 aliphatic rings. The average molecular weight is 417 g/mol. The first-order valence-corrected chi connectivity index (χ1v) is 8.19. The molecule has 21 heavy (non-hydrogen) atoms. The van der Waals surface area contributed by atoms with E-state index in [9.17, 15) is 4.39 Å². The Morgan fingerprint density at radius 2 is 1.90 bits per heavy atom. The molecule has 2 aromatic rings. The van der Waals surface area contributed by atoms with Gasteiger partial charge in [-0.25, -0.2) is 4.39 Å². The summed E-state index contributed by atoms with van der Waals surface area (Å²) in [5.74, 6) is 0.558. The normalized spacial score (nSPS) is 12.2. The molecular weight excluding hydrogens is 401 g/mol. The number of nitrogens with one attached hydrogen (secondary N) is 1. The van der Waals surface area contributed by atoms with Crippen LogP contribution in [0, 0.1) is 5.82 Å². The second kappa shape index (κ2) is 7.38. The zero-order chi connectivity index (χ0) is 15.4. The van der Waals surface area contributed by atoms with E-state index in [-0.39, 0.29) is 11.9 Å². The first-order chi connectivity index (χ1) is 10.1. The predicted octanol–water partition coefficient (Wildman–Crippen LogP) is 5.06. The smallest absolute Gasteiger partial charge is 0.133 e. The van der Waals surface area contributed by atoms with Crippen LogP contribution >= 0.6 is 31.9 Å². The molecule has 0 aromatic heterocycles. The number of hydrogen-bond acceptors (Lipinski definition) is 2. The van der Waals surface area contributed by atoms with Crippen LogP contribution in [0.25, 0.3) is 0 Å². The second-order valence-corrected chi connectivity index (χ2v) is 6.22. The van der Waals surface area contributed by atoms with Crippen LogP contribution in [0.1, 0.15) is 24.1 Å². The number of ether oxygens (including phenoxy) is 1. The Hall–Kier alpha value is -0.910. The van der Waals surface area contributed by atoms with E-state index in [1.807, 2.05) is 32.2 Å². The first-order valence-electron chi connectivity index (χ1n) is 6.61. The maximum absolute atomic E-state index is 13.2. The molecule has 0 saturated carbocycles. The minimum Gasteiger partial charge on any atom is -0.493 e. The third kappa shape index (κ3) is 3.84. The van der Waals surface area contributed by atoms with E-state index in [0.29, 0.717) is 6.61 Å². The van der Waals surface area contributed by atoms with Gasteiger partial charge in [0.2, 0.25) is 0 Å². The van der Waals surface area contributed by atoms with Gasteiger partial charge in [0.1, 0.15) is 11.6 Å². The van der Waals surface area contributed by atoms with Crippen molar-refractivity contribution in [3.63, 3.8) is 0 Å². The maximum Gasteiger partial charge on any atom is 0.133 e. The van der Waals surface area contributed by atoms with Gasteiger partial charge in [-0.15, -0.1) is 0 Å². The predicted molar refractivity (Wildman–Crippen MR) is 90.3 cm³/mol. The highest BCUT2D eigenvalue weighted by molar-refractivity contribution is 9.10. The van der Waals surface area contributed by atoms with E-state index in [2.05, 4.69) is 37.2 Å². The lowest BCUT2D eigenvalue weighted by molar-refractivity contribution is 0.338. The lowest BCUT2D eigenvalue weighted by Gasteiger charge is -2.20. The fourth-order valence-corrected chi connectivity index (χ4v) is 3.30. The number of benzene rings is 2. The quantitative estimate of drug-likeness (QED) is 0.735. The molecule has 0 aliphatic carbocycles. The van der Waals surface area contributed by atoms with Gasteiger partial charge in [0, 0.05) is 4.47 Å². The molecule has 0 aliphatic heterocycles. The fourth-order valence-electron chi connectivity index (χ4n) is 2.21. The number of hydrogen-bond donors (Lipinski definition) is 1. The van der Waals surface area contributed by atoms with Crippen LogP contribution in [-0.2, 0) is 0 Å². The summed E-state index contributed by atoms with van der Waals surface area (Å²) in [6.07, 6.45) is 0. The highest BCUT2D eigenvalue weighted by Crippen LogP contribution is 2.33. The van der Waals surface area contributed by atoms with Gasteiger partial charge in [-0.1, -0.05) is 28.1 Å². The van der Waals surface area contributed by atoms with Gasteiger partial charge < -0.3 is 10.1 Å². The minimum atomic E-state index is -0.256. The van der Waals surface area contributed by atoms with Crippen LogP contribution in [0.15, 0.2) is 45.3 Å². The highest BCUT2D eigenvalue weighted by atomic mass is 79.9. The lowest BCUT2D eigenvalue weighted by Crippen LogP contribution is -2.18. The van der Waals surface area contributed by atoms with E-state index in [4.69, 9.17) is 4.74 Å². The molecule has 0 bridgehead atoms. The van der Waals surface area contributed by atoms with Crippen molar-refractivity contribution in [2.75, 3.05) is 13.7 Å². The minimum absolute atomic E-state index is 0.0352. The zero-order valence-electron chi connectivity index (χ0n) is 11.8. The molecule has 2 rings (SSSR count). The molecule has 0 spiro atoms. The Morgan fingerprint density at radius 3 is 2.48 bits per heavy atom. The molecule has 0 radical (unpaired) electrons. The summed E-state index contributed by atoms with van der Waals surface area (Å²) in [4.78, 5) is 0. The van der Waals surface area contributed by atoms with Crippen LogP contribution in [0.5, 0.6) is 5.75 Å². The van der Waals surface area contributed by atoms with Crippen molar-refractivity contribution in [1.29, 1.82) is 0 Å². The summed E-state index contributed by atoms with van der Waals surface area (Å²) in [5.41, 5.74) is 2.05. The summed E-state index contributed by atoms with van der Waals surface area (Å²) < 4.78 is 20.4. The van der Waals surface area contributed by atoms with Gasteiger partial charge in [0.15, 0.2) is 0 Å².